The summed E-state index contributed by atoms with van der Waals surface area (Å²) < 4.78 is 5.33. The molecule has 3 heteroatoms. The minimum absolute atomic E-state index is 0.253. The van der Waals surface area contributed by atoms with E-state index in [0.717, 1.165) is 38.5 Å². The lowest BCUT2D eigenvalue weighted by molar-refractivity contribution is -0.193. The average Bonchev–Trinajstić information content (AvgIpc) is 2.74. The Kier molecular flexibility index (Phi) is 19.5. The van der Waals surface area contributed by atoms with E-state index in [2.05, 4.69) is 32.9 Å². The second-order valence-electron chi connectivity index (χ2n) is 9.29. The smallest absolute Gasteiger partial charge is 0.308 e. The molecule has 1 N–H and O–H groups in total. The average molecular weight is 425 g/mol. The summed E-state index contributed by atoms with van der Waals surface area (Å²) in [7, 11) is 0. The van der Waals surface area contributed by atoms with E-state index >= 15 is 0 Å². The monoisotopic (exact) mass is 424 g/mol. The highest BCUT2D eigenvalue weighted by Crippen LogP contribution is 2.33. The Hall–Kier alpha value is -0.830. The van der Waals surface area contributed by atoms with Crippen LogP contribution in [0.25, 0.3) is 0 Å². The summed E-state index contributed by atoms with van der Waals surface area (Å²) in [6, 6.07) is 0. The van der Waals surface area contributed by atoms with Gasteiger partial charge in [0.15, 0.2) is 0 Å². The molecule has 0 fully saturated rings. The van der Waals surface area contributed by atoms with Gasteiger partial charge in [-0.1, -0.05) is 104 Å². The van der Waals surface area contributed by atoms with Crippen molar-refractivity contribution in [3.05, 3.63) is 12.2 Å². The summed E-state index contributed by atoms with van der Waals surface area (Å²) in [5.74, 6) is -0.253. The number of unbranched alkanes of at least 4 members (excludes halogenated alkanes) is 12. The second kappa shape index (κ2) is 20.1. The summed E-state index contributed by atoms with van der Waals surface area (Å²) in [5.41, 5.74) is -0.325. The van der Waals surface area contributed by atoms with E-state index in [1.54, 1.807) is 0 Å². The number of rotatable bonds is 21. The first-order valence-corrected chi connectivity index (χ1v) is 13.0. The molecule has 0 heterocycles. The van der Waals surface area contributed by atoms with Gasteiger partial charge in [0.05, 0.1) is 0 Å². The van der Waals surface area contributed by atoms with Gasteiger partial charge in [-0.15, -0.1) is 0 Å². The number of aliphatic hydroxyl groups is 1. The number of hydrogen-bond acceptors (Lipinski definition) is 3. The molecule has 0 spiro atoms. The summed E-state index contributed by atoms with van der Waals surface area (Å²) in [4.78, 5) is 12.0. The van der Waals surface area contributed by atoms with Gasteiger partial charge in [0, 0.05) is 11.8 Å². The first-order valence-electron chi connectivity index (χ1n) is 13.0. The second-order valence-corrected chi connectivity index (χ2v) is 9.29. The molecule has 0 amide bonds. The molecule has 0 radical (unpaired) electrons. The fourth-order valence-corrected chi connectivity index (χ4v) is 3.72. The Labute approximate surface area is 188 Å². The van der Waals surface area contributed by atoms with Crippen LogP contribution in [0.5, 0.6) is 0 Å². The molecular weight excluding hydrogens is 372 g/mol. The van der Waals surface area contributed by atoms with Crippen LogP contribution in [0.3, 0.4) is 0 Å². The van der Waals surface area contributed by atoms with Gasteiger partial charge in [-0.25, -0.2) is 0 Å². The predicted molar refractivity (Wildman–Crippen MR) is 129 cm³/mol. The molecule has 0 aliphatic heterocycles. The van der Waals surface area contributed by atoms with Crippen LogP contribution in [0.1, 0.15) is 143 Å². The van der Waals surface area contributed by atoms with Gasteiger partial charge in [-0.05, 0) is 44.9 Å². The van der Waals surface area contributed by atoms with Gasteiger partial charge in [-0.3, -0.25) is 4.79 Å². The van der Waals surface area contributed by atoms with Crippen molar-refractivity contribution in [1.29, 1.82) is 0 Å². The summed E-state index contributed by atoms with van der Waals surface area (Å²) in [6.07, 6.45) is 24.2. The molecule has 3 nitrogen and oxygen atoms in total. The van der Waals surface area contributed by atoms with Crippen LogP contribution < -0.4 is 0 Å². The highest BCUT2D eigenvalue weighted by molar-refractivity contribution is 5.69. The number of hydrogen-bond donors (Lipinski definition) is 1. The third-order valence-electron chi connectivity index (χ3n) is 6.39. The molecule has 0 bridgehead atoms. The molecule has 2 unspecified atom stereocenters. The van der Waals surface area contributed by atoms with Gasteiger partial charge >= 0.3 is 5.97 Å². The summed E-state index contributed by atoms with van der Waals surface area (Å²) in [6.45, 7) is 8.47. The number of carbonyl (C=O) groups excluding carboxylic acids is 1. The van der Waals surface area contributed by atoms with Crippen molar-refractivity contribution in [2.45, 2.75) is 150 Å². The van der Waals surface area contributed by atoms with E-state index in [1.807, 2.05) is 6.92 Å². The van der Waals surface area contributed by atoms with Crippen molar-refractivity contribution >= 4 is 5.97 Å². The van der Waals surface area contributed by atoms with Crippen LogP contribution in [-0.4, -0.2) is 17.4 Å². The minimum Gasteiger partial charge on any atom is -0.435 e. The van der Waals surface area contributed by atoms with Crippen LogP contribution in [0, 0.1) is 5.41 Å². The fraction of sp³-hybridized carbons (Fsp3) is 0.889. The lowest BCUT2D eigenvalue weighted by Crippen LogP contribution is -2.35. The molecule has 0 aliphatic rings. The third-order valence-corrected chi connectivity index (χ3v) is 6.39. The summed E-state index contributed by atoms with van der Waals surface area (Å²) in [5, 5.41) is 10.3. The van der Waals surface area contributed by atoms with Crippen molar-refractivity contribution in [2.24, 2.45) is 5.41 Å². The normalized spacial score (nSPS) is 14.7. The maximum Gasteiger partial charge on any atom is 0.308 e. The molecule has 0 aliphatic carbocycles. The van der Waals surface area contributed by atoms with Gasteiger partial charge in [0.1, 0.15) is 0 Å². The Morgan fingerprint density at radius 1 is 0.800 bits per heavy atom. The van der Waals surface area contributed by atoms with Crippen LogP contribution in [-0.2, 0) is 9.53 Å². The lowest BCUT2D eigenvalue weighted by atomic mass is 9.81. The number of allylic oxidation sites excluding steroid dienone is 2. The van der Waals surface area contributed by atoms with E-state index < -0.39 is 6.29 Å². The number of aliphatic hydroxyl groups excluding tert-OH is 1. The highest BCUT2D eigenvalue weighted by Gasteiger charge is 2.33. The maximum atomic E-state index is 12.0. The molecule has 2 atom stereocenters. The molecule has 0 aromatic rings. The lowest BCUT2D eigenvalue weighted by Gasteiger charge is -2.32. The zero-order valence-electron chi connectivity index (χ0n) is 20.7. The Morgan fingerprint density at radius 2 is 1.30 bits per heavy atom. The Morgan fingerprint density at radius 3 is 1.83 bits per heavy atom. The predicted octanol–water partition coefficient (Wildman–Crippen LogP) is 8.49. The van der Waals surface area contributed by atoms with Gasteiger partial charge in [0.2, 0.25) is 6.29 Å². The van der Waals surface area contributed by atoms with E-state index in [9.17, 15) is 9.90 Å². The molecular formula is C27H52O3. The van der Waals surface area contributed by atoms with Crippen LogP contribution in [0.4, 0.5) is 0 Å². The van der Waals surface area contributed by atoms with Crippen LogP contribution in [0.2, 0.25) is 0 Å². The van der Waals surface area contributed by atoms with Gasteiger partial charge < -0.3 is 9.84 Å². The zero-order chi connectivity index (χ0) is 22.5. The van der Waals surface area contributed by atoms with Crippen LogP contribution >= 0.6 is 0 Å². The fourth-order valence-electron chi connectivity index (χ4n) is 3.72. The van der Waals surface area contributed by atoms with Crippen molar-refractivity contribution in [3.63, 3.8) is 0 Å². The number of carbonyl (C=O) groups is 1. The Bertz CT molecular complexity index is 418. The molecule has 0 rings (SSSR count). The SMILES string of the molecule is CCCCCCCC/C=C\CCCCCCCC(=O)OC(O)C(C)(CC)CCCC. The van der Waals surface area contributed by atoms with Crippen molar-refractivity contribution in [3.8, 4) is 0 Å². The molecule has 0 aromatic heterocycles. The molecule has 30 heavy (non-hydrogen) atoms. The number of esters is 1. The van der Waals surface area contributed by atoms with E-state index in [0.29, 0.717) is 6.42 Å². The standard InChI is InChI=1S/C27H52O3/c1-5-8-10-11-12-13-14-15-16-17-18-19-20-21-22-23-25(28)30-26(29)27(4,7-3)24-9-6-2/h15-16,26,29H,5-14,17-24H2,1-4H3/b16-15-. The number of ether oxygens (including phenoxy) is 1. The Balaban J connectivity index is 3.61. The molecule has 0 saturated carbocycles. The minimum atomic E-state index is -0.982. The van der Waals surface area contributed by atoms with Crippen molar-refractivity contribution in [2.75, 3.05) is 0 Å². The highest BCUT2D eigenvalue weighted by atomic mass is 16.6. The van der Waals surface area contributed by atoms with E-state index in [4.69, 9.17) is 4.74 Å². The zero-order valence-corrected chi connectivity index (χ0v) is 20.7. The third kappa shape index (κ3) is 15.9. The molecule has 0 saturated heterocycles. The topological polar surface area (TPSA) is 46.5 Å². The van der Waals surface area contributed by atoms with Gasteiger partial charge in [-0.2, -0.15) is 0 Å². The largest absolute Gasteiger partial charge is 0.435 e. The van der Waals surface area contributed by atoms with Crippen LogP contribution in [0.15, 0.2) is 12.2 Å². The maximum absolute atomic E-state index is 12.0. The quantitative estimate of drug-likeness (QED) is 0.0869. The van der Waals surface area contributed by atoms with Crippen molar-refractivity contribution in [1.82, 2.24) is 0 Å². The first kappa shape index (κ1) is 29.2. The molecule has 178 valence electrons. The van der Waals surface area contributed by atoms with E-state index in [1.165, 1.54) is 70.6 Å². The molecule has 0 aromatic carbocycles. The van der Waals surface area contributed by atoms with E-state index in [-0.39, 0.29) is 11.4 Å². The van der Waals surface area contributed by atoms with Gasteiger partial charge in [0.25, 0.3) is 0 Å². The first-order chi connectivity index (χ1) is 14.5. The summed E-state index contributed by atoms with van der Waals surface area (Å²) >= 11 is 0. The van der Waals surface area contributed by atoms with Crippen molar-refractivity contribution < 1.29 is 14.6 Å².